The molecule has 0 radical (unpaired) electrons. The fourth-order valence-electron chi connectivity index (χ4n) is 2.36. The number of H-pyrrole nitrogens is 1. The minimum Gasteiger partial charge on any atom is -0.309 e. The van der Waals surface area contributed by atoms with Crippen LogP contribution in [0.25, 0.3) is 10.2 Å². The number of hydrogen-bond donors (Lipinski definition) is 1. The minimum atomic E-state index is -1.05. The Morgan fingerprint density at radius 1 is 1.28 bits per heavy atom. The van der Waals surface area contributed by atoms with Crippen LogP contribution in [0.2, 0.25) is 0 Å². The summed E-state index contributed by atoms with van der Waals surface area (Å²) in [6.07, 6.45) is 0. The number of nitrogens with one attached hydrogen (secondary N) is 1. The zero-order valence-corrected chi connectivity index (χ0v) is 15.1. The average molecular weight is 380 g/mol. The number of aromatic amines is 1. The molecule has 3 rings (SSSR count). The Labute approximate surface area is 150 Å². The predicted octanol–water partition coefficient (Wildman–Crippen LogP) is 4.00. The summed E-state index contributed by atoms with van der Waals surface area (Å²) in [6, 6.07) is 3.08. The van der Waals surface area contributed by atoms with E-state index >= 15 is 0 Å². The third kappa shape index (κ3) is 3.64. The molecule has 0 aliphatic heterocycles. The number of thiophene rings is 1. The first kappa shape index (κ1) is 17.8. The van der Waals surface area contributed by atoms with E-state index in [2.05, 4.69) is 9.97 Å². The van der Waals surface area contributed by atoms with E-state index in [9.17, 15) is 18.4 Å². The molecule has 0 aliphatic carbocycles. The Morgan fingerprint density at radius 2 is 2.04 bits per heavy atom. The third-order valence-corrected chi connectivity index (χ3v) is 5.85. The molecule has 2 aromatic heterocycles. The van der Waals surface area contributed by atoms with Gasteiger partial charge in [-0.3, -0.25) is 9.59 Å². The number of aromatic nitrogens is 2. The van der Waals surface area contributed by atoms with Gasteiger partial charge in [-0.15, -0.1) is 23.1 Å². The highest BCUT2D eigenvalue weighted by molar-refractivity contribution is 7.99. The van der Waals surface area contributed by atoms with Crippen molar-refractivity contribution in [3.63, 3.8) is 0 Å². The number of aryl methyl sites for hydroxylation is 2. The van der Waals surface area contributed by atoms with Gasteiger partial charge in [0.05, 0.1) is 16.9 Å². The van der Waals surface area contributed by atoms with Crippen molar-refractivity contribution in [1.29, 1.82) is 0 Å². The fraction of sp³-hybridized carbons (Fsp3) is 0.235. The van der Waals surface area contributed by atoms with Crippen LogP contribution in [0.5, 0.6) is 0 Å². The van der Waals surface area contributed by atoms with Crippen molar-refractivity contribution in [1.82, 2.24) is 9.97 Å². The highest BCUT2D eigenvalue weighted by Crippen LogP contribution is 2.26. The van der Waals surface area contributed by atoms with Crippen LogP contribution in [0.4, 0.5) is 8.78 Å². The maximum absolute atomic E-state index is 13.2. The summed E-state index contributed by atoms with van der Waals surface area (Å²) in [4.78, 5) is 33.1. The van der Waals surface area contributed by atoms with Crippen LogP contribution in [-0.2, 0) is 5.75 Å². The van der Waals surface area contributed by atoms with Crippen LogP contribution in [0.15, 0.2) is 23.0 Å². The molecular formula is C17H14F2N2O2S2. The van der Waals surface area contributed by atoms with Crippen molar-refractivity contribution >= 4 is 39.1 Å². The van der Waals surface area contributed by atoms with Crippen molar-refractivity contribution in [2.45, 2.75) is 19.6 Å². The van der Waals surface area contributed by atoms with Crippen LogP contribution in [-0.4, -0.2) is 21.5 Å². The molecule has 0 amide bonds. The fourth-order valence-corrected chi connectivity index (χ4v) is 4.19. The SMILES string of the molecule is Cc1sc2nc(CSCC(=O)c3ccc(F)c(F)c3)[nH]c(=O)c2c1C. The molecule has 1 N–H and O–H groups in total. The van der Waals surface area contributed by atoms with E-state index in [0.29, 0.717) is 21.8 Å². The van der Waals surface area contributed by atoms with Gasteiger partial charge >= 0.3 is 0 Å². The van der Waals surface area contributed by atoms with E-state index in [0.717, 1.165) is 22.6 Å². The minimum absolute atomic E-state index is 0.0787. The number of hydrogen-bond acceptors (Lipinski definition) is 5. The van der Waals surface area contributed by atoms with Crippen LogP contribution < -0.4 is 5.56 Å². The summed E-state index contributed by atoms with van der Waals surface area (Å²) in [5.74, 6) is -1.43. The number of nitrogens with zero attached hydrogens (tertiary/aromatic N) is 1. The van der Waals surface area contributed by atoms with E-state index in [-0.39, 0.29) is 22.7 Å². The van der Waals surface area contributed by atoms with Crippen molar-refractivity contribution in [2.75, 3.05) is 5.75 Å². The van der Waals surface area contributed by atoms with E-state index in [4.69, 9.17) is 0 Å². The van der Waals surface area contributed by atoms with Gasteiger partial charge in [0.15, 0.2) is 17.4 Å². The Kier molecular flexibility index (Phi) is 5.01. The summed E-state index contributed by atoms with van der Waals surface area (Å²) >= 11 is 2.72. The van der Waals surface area contributed by atoms with Crippen molar-refractivity contribution < 1.29 is 13.6 Å². The summed E-state index contributed by atoms with van der Waals surface area (Å²) in [6.45, 7) is 3.83. The van der Waals surface area contributed by atoms with Gasteiger partial charge in [0.2, 0.25) is 0 Å². The van der Waals surface area contributed by atoms with E-state index in [1.54, 1.807) is 0 Å². The molecule has 0 saturated carbocycles. The molecule has 0 aliphatic rings. The van der Waals surface area contributed by atoms with Crippen LogP contribution in [0.1, 0.15) is 26.6 Å². The van der Waals surface area contributed by atoms with Crippen LogP contribution in [0.3, 0.4) is 0 Å². The second kappa shape index (κ2) is 7.05. The second-order valence-electron chi connectivity index (χ2n) is 5.52. The maximum atomic E-state index is 13.2. The first-order chi connectivity index (χ1) is 11.9. The normalized spacial score (nSPS) is 11.2. The smallest absolute Gasteiger partial charge is 0.259 e. The van der Waals surface area contributed by atoms with Gasteiger partial charge in [-0.1, -0.05) is 0 Å². The average Bonchev–Trinajstić information content (AvgIpc) is 2.84. The monoisotopic (exact) mass is 380 g/mol. The summed E-state index contributed by atoms with van der Waals surface area (Å²) in [5.41, 5.74) is 0.865. The molecule has 0 saturated heterocycles. The predicted molar refractivity (Wildman–Crippen MR) is 96.6 cm³/mol. The zero-order valence-electron chi connectivity index (χ0n) is 13.5. The lowest BCUT2D eigenvalue weighted by atomic mass is 10.1. The molecule has 8 heteroatoms. The molecule has 2 heterocycles. The quantitative estimate of drug-likeness (QED) is 0.680. The summed E-state index contributed by atoms with van der Waals surface area (Å²) < 4.78 is 26.1. The van der Waals surface area contributed by atoms with Crippen LogP contribution >= 0.6 is 23.1 Å². The topological polar surface area (TPSA) is 62.8 Å². The van der Waals surface area contributed by atoms with Crippen molar-refractivity contribution in [3.05, 3.63) is 62.0 Å². The number of carbonyl (C=O) groups excluding carboxylic acids is 1. The van der Waals surface area contributed by atoms with Gasteiger partial charge in [0.1, 0.15) is 10.7 Å². The first-order valence-electron chi connectivity index (χ1n) is 7.41. The van der Waals surface area contributed by atoms with Gasteiger partial charge in [0.25, 0.3) is 5.56 Å². The molecule has 0 spiro atoms. The van der Waals surface area contributed by atoms with Crippen molar-refractivity contribution in [3.8, 4) is 0 Å². The van der Waals surface area contributed by atoms with Gasteiger partial charge in [0, 0.05) is 10.4 Å². The molecule has 0 atom stereocenters. The zero-order chi connectivity index (χ0) is 18.1. The molecule has 130 valence electrons. The molecule has 25 heavy (non-hydrogen) atoms. The molecule has 3 aromatic rings. The van der Waals surface area contributed by atoms with Gasteiger partial charge in [-0.25, -0.2) is 13.8 Å². The number of carbonyl (C=O) groups is 1. The number of halogens is 2. The lowest BCUT2D eigenvalue weighted by Gasteiger charge is -2.03. The molecule has 0 fully saturated rings. The Bertz CT molecular complexity index is 1030. The Balaban J connectivity index is 1.69. The number of rotatable bonds is 5. The number of ketones is 1. The third-order valence-electron chi connectivity index (χ3n) is 3.80. The lowest BCUT2D eigenvalue weighted by molar-refractivity contribution is 0.102. The number of Topliss-reactive ketones (excluding diaryl/α,β-unsaturated/α-hetero) is 1. The number of benzene rings is 1. The largest absolute Gasteiger partial charge is 0.309 e. The molecule has 1 aromatic carbocycles. The molecule has 0 bridgehead atoms. The van der Waals surface area contributed by atoms with Gasteiger partial charge in [-0.05, 0) is 37.6 Å². The highest BCUT2D eigenvalue weighted by atomic mass is 32.2. The first-order valence-corrected chi connectivity index (χ1v) is 9.39. The number of thioether (sulfide) groups is 1. The molecule has 4 nitrogen and oxygen atoms in total. The molecular weight excluding hydrogens is 366 g/mol. The standard InChI is InChI=1S/C17H14F2N2O2S2/c1-8-9(2)25-17-15(8)16(23)20-14(21-17)7-24-6-13(22)10-3-4-11(18)12(19)5-10/h3-5H,6-7H2,1-2H3,(H,20,21,23). The van der Waals surface area contributed by atoms with Gasteiger partial charge in [-0.2, -0.15) is 0 Å². The summed E-state index contributed by atoms with van der Waals surface area (Å²) in [5, 5.41) is 0.606. The lowest BCUT2D eigenvalue weighted by Crippen LogP contribution is -2.11. The Hall–Kier alpha value is -2.06. The van der Waals surface area contributed by atoms with E-state index in [1.807, 2.05) is 13.8 Å². The maximum Gasteiger partial charge on any atom is 0.259 e. The summed E-state index contributed by atoms with van der Waals surface area (Å²) in [7, 11) is 0. The van der Waals surface area contributed by atoms with E-state index < -0.39 is 11.6 Å². The Morgan fingerprint density at radius 3 is 2.76 bits per heavy atom. The van der Waals surface area contributed by atoms with Gasteiger partial charge < -0.3 is 4.98 Å². The highest BCUT2D eigenvalue weighted by Gasteiger charge is 2.13. The number of fused-ring (bicyclic) bond motifs is 1. The van der Waals surface area contributed by atoms with E-state index in [1.165, 1.54) is 29.2 Å². The molecule has 0 unspecified atom stereocenters. The second-order valence-corrected chi connectivity index (χ2v) is 7.71. The van der Waals surface area contributed by atoms with Crippen molar-refractivity contribution in [2.24, 2.45) is 0 Å². The van der Waals surface area contributed by atoms with Crippen LogP contribution in [0, 0.1) is 25.5 Å².